The molecule has 0 heterocycles. The van der Waals surface area contributed by atoms with Crippen LogP contribution < -0.4 is 14.9 Å². The van der Waals surface area contributed by atoms with Gasteiger partial charge in [0.05, 0.1) is 10.6 Å². The zero-order valence-electron chi connectivity index (χ0n) is 17.0. The van der Waals surface area contributed by atoms with E-state index in [2.05, 4.69) is 10.6 Å². The van der Waals surface area contributed by atoms with Gasteiger partial charge in [0.15, 0.2) is 0 Å². The molecule has 2 amide bonds. The number of para-hydroxylation sites is 1. The molecule has 2 aromatic rings. The first kappa shape index (κ1) is 22.4. The van der Waals surface area contributed by atoms with Crippen LogP contribution >= 0.6 is 0 Å². The van der Waals surface area contributed by atoms with E-state index in [9.17, 15) is 18.0 Å². The van der Waals surface area contributed by atoms with Crippen LogP contribution in [0.25, 0.3) is 0 Å². The van der Waals surface area contributed by atoms with E-state index in [1.54, 1.807) is 37.3 Å². The molecule has 0 saturated carbocycles. The minimum absolute atomic E-state index is 0.00356. The van der Waals surface area contributed by atoms with Gasteiger partial charge in [-0.2, -0.15) is 0 Å². The molecule has 0 fully saturated rings. The van der Waals surface area contributed by atoms with E-state index in [1.165, 1.54) is 31.3 Å². The van der Waals surface area contributed by atoms with Crippen LogP contribution in [0, 0.1) is 0 Å². The number of benzene rings is 2. The summed E-state index contributed by atoms with van der Waals surface area (Å²) in [6.45, 7) is 5.41. The Kier molecular flexibility index (Phi) is 7.39. The third kappa shape index (κ3) is 5.57. The van der Waals surface area contributed by atoms with Gasteiger partial charge in [-0.05, 0) is 50.6 Å². The molecule has 156 valence electrons. The van der Waals surface area contributed by atoms with Gasteiger partial charge in [0.25, 0.3) is 15.9 Å². The molecule has 2 unspecified atom stereocenters. The molecular weight excluding hydrogens is 390 g/mol. The summed E-state index contributed by atoms with van der Waals surface area (Å²) in [7, 11) is -2.38. The summed E-state index contributed by atoms with van der Waals surface area (Å²) in [5, 5.41) is 5.40. The van der Waals surface area contributed by atoms with E-state index in [0.717, 1.165) is 10.7 Å². The Morgan fingerprint density at radius 1 is 1.00 bits per heavy atom. The minimum Gasteiger partial charge on any atom is -0.352 e. The summed E-state index contributed by atoms with van der Waals surface area (Å²) in [5.41, 5.74) is 0.674. The number of nitrogens with zero attached hydrogens (tertiary/aromatic N) is 1. The van der Waals surface area contributed by atoms with Gasteiger partial charge in [-0.3, -0.25) is 13.9 Å². The summed E-state index contributed by atoms with van der Waals surface area (Å²) in [5.74, 6) is -0.809. The Balaban J connectivity index is 2.18. The number of carbonyl (C=O) groups excluding carboxylic acids is 2. The van der Waals surface area contributed by atoms with Crippen molar-refractivity contribution in [3.8, 4) is 0 Å². The number of sulfonamides is 1. The van der Waals surface area contributed by atoms with Crippen LogP contribution in [0.2, 0.25) is 0 Å². The van der Waals surface area contributed by atoms with Crippen molar-refractivity contribution in [2.45, 2.75) is 44.2 Å². The lowest BCUT2D eigenvalue weighted by molar-refractivity contribution is -0.123. The lowest BCUT2D eigenvalue weighted by atomic mass is 10.2. The van der Waals surface area contributed by atoms with Gasteiger partial charge in [-0.15, -0.1) is 0 Å². The first-order valence-electron chi connectivity index (χ1n) is 9.42. The van der Waals surface area contributed by atoms with Crippen LogP contribution in [0.5, 0.6) is 0 Å². The lowest BCUT2D eigenvalue weighted by Crippen LogP contribution is -2.47. The number of hydrogen-bond donors (Lipinski definition) is 2. The summed E-state index contributed by atoms with van der Waals surface area (Å²) >= 11 is 0. The van der Waals surface area contributed by atoms with Crippen LogP contribution in [0.15, 0.2) is 59.5 Å². The van der Waals surface area contributed by atoms with Crippen LogP contribution in [0.3, 0.4) is 0 Å². The first-order valence-corrected chi connectivity index (χ1v) is 10.9. The molecule has 0 aliphatic carbocycles. The molecule has 0 aliphatic rings. The highest BCUT2D eigenvalue weighted by molar-refractivity contribution is 7.92. The Labute approximate surface area is 172 Å². The van der Waals surface area contributed by atoms with Crippen LogP contribution in [0.4, 0.5) is 5.69 Å². The van der Waals surface area contributed by atoms with Crippen LogP contribution in [0.1, 0.15) is 37.6 Å². The molecule has 7 nitrogen and oxygen atoms in total. The van der Waals surface area contributed by atoms with Gasteiger partial charge in [0.1, 0.15) is 6.04 Å². The number of anilines is 1. The molecular formula is C21H27N3O4S. The molecule has 0 saturated heterocycles. The monoisotopic (exact) mass is 417 g/mol. The highest BCUT2D eigenvalue weighted by Gasteiger charge is 2.23. The van der Waals surface area contributed by atoms with E-state index in [4.69, 9.17) is 0 Å². The fraction of sp³-hybridized carbons (Fsp3) is 0.333. The second kappa shape index (κ2) is 9.56. The molecule has 29 heavy (non-hydrogen) atoms. The van der Waals surface area contributed by atoms with Crippen LogP contribution in [-0.2, 0) is 14.8 Å². The number of nitrogens with one attached hydrogen (secondary N) is 2. The van der Waals surface area contributed by atoms with Crippen molar-refractivity contribution >= 4 is 27.5 Å². The van der Waals surface area contributed by atoms with Crippen molar-refractivity contribution in [3.05, 3.63) is 60.2 Å². The minimum atomic E-state index is -3.84. The maximum atomic E-state index is 12.9. The third-order valence-electron chi connectivity index (χ3n) is 4.62. The van der Waals surface area contributed by atoms with Crippen molar-refractivity contribution in [1.29, 1.82) is 0 Å². The second-order valence-electron chi connectivity index (χ2n) is 6.85. The average Bonchev–Trinajstić information content (AvgIpc) is 2.73. The van der Waals surface area contributed by atoms with Crippen molar-refractivity contribution in [3.63, 3.8) is 0 Å². The fourth-order valence-corrected chi connectivity index (χ4v) is 3.79. The SMILES string of the molecule is CCC(C)NC(=O)C(C)NC(=O)c1cccc(S(=O)(=O)N(C)c2ccccc2)c1. The topological polar surface area (TPSA) is 95.6 Å². The third-order valence-corrected chi connectivity index (χ3v) is 6.40. The normalized spacial score (nSPS) is 13.2. The fourth-order valence-electron chi connectivity index (χ4n) is 2.55. The van der Waals surface area contributed by atoms with Gasteiger partial charge in [-0.25, -0.2) is 8.42 Å². The van der Waals surface area contributed by atoms with E-state index < -0.39 is 22.0 Å². The van der Waals surface area contributed by atoms with Crippen molar-refractivity contribution in [2.24, 2.45) is 0 Å². The molecule has 0 aliphatic heterocycles. The lowest BCUT2D eigenvalue weighted by Gasteiger charge is -2.20. The zero-order valence-corrected chi connectivity index (χ0v) is 17.9. The number of hydrogen-bond acceptors (Lipinski definition) is 4. The summed E-state index contributed by atoms with van der Waals surface area (Å²) in [6, 6.07) is 13.7. The van der Waals surface area contributed by atoms with Gasteiger partial charge < -0.3 is 10.6 Å². The van der Waals surface area contributed by atoms with Gasteiger partial charge in [0.2, 0.25) is 5.91 Å². The molecule has 0 spiro atoms. The maximum Gasteiger partial charge on any atom is 0.264 e. The molecule has 2 aromatic carbocycles. The van der Waals surface area contributed by atoms with Gasteiger partial charge >= 0.3 is 0 Å². The zero-order chi connectivity index (χ0) is 21.6. The van der Waals surface area contributed by atoms with E-state index >= 15 is 0 Å². The average molecular weight is 418 g/mol. The smallest absolute Gasteiger partial charge is 0.264 e. The summed E-state index contributed by atoms with van der Waals surface area (Å²) in [6.07, 6.45) is 0.779. The number of rotatable bonds is 8. The summed E-state index contributed by atoms with van der Waals surface area (Å²) in [4.78, 5) is 24.7. The van der Waals surface area contributed by atoms with E-state index in [0.29, 0.717) is 5.69 Å². The molecule has 2 rings (SSSR count). The van der Waals surface area contributed by atoms with Gasteiger partial charge in [0, 0.05) is 18.7 Å². The molecule has 0 radical (unpaired) electrons. The maximum absolute atomic E-state index is 12.9. The standard InChI is InChI=1S/C21H27N3O4S/c1-5-15(2)22-20(25)16(3)23-21(26)17-10-9-13-19(14-17)29(27,28)24(4)18-11-7-6-8-12-18/h6-16H,5H2,1-4H3,(H,22,25)(H,23,26). The van der Waals surface area contributed by atoms with Crippen molar-refractivity contribution < 1.29 is 18.0 Å². The predicted octanol–water partition coefficient (Wildman–Crippen LogP) is 2.54. The highest BCUT2D eigenvalue weighted by atomic mass is 32.2. The Morgan fingerprint density at radius 2 is 1.66 bits per heavy atom. The van der Waals surface area contributed by atoms with Crippen LogP contribution in [-0.4, -0.2) is 39.4 Å². The first-order chi connectivity index (χ1) is 13.7. The number of amides is 2. The quantitative estimate of drug-likeness (QED) is 0.690. The van der Waals surface area contributed by atoms with E-state index in [1.807, 2.05) is 13.8 Å². The van der Waals surface area contributed by atoms with E-state index in [-0.39, 0.29) is 22.4 Å². The Bertz CT molecular complexity index is 961. The predicted molar refractivity (Wildman–Crippen MR) is 113 cm³/mol. The molecule has 2 N–H and O–H groups in total. The Morgan fingerprint density at radius 3 is 2.28 bits per heavy atom. The molecule has 0 aromatic heterocycles. The largest absolute Gasteiger partial charge is 0.352 e. The second-order valence-corrected chi connectivity index (χ2v) is 8.82. The molecule has 2 atom stereocenters. The van der Waals surface area contributed by atoms with Gasteiger partial charge in [-0.1, -0.05) is 31.2 Å². The molecule has 8 heteroatoms. The number of carbonyl (C=O) groups is 2. The Hall–Kier alpha value is -2.87. The molecule has 0 bridgehead atoms. The highest BCUT2D eigenvalue weighted by Crippen LogP contribution is 2.22. The van der Waals surface area contributed by atoms with Crippen molar-refractivity contribution in [2.75, 3.05) is 11.4 Å². The summed E-state index contributed by atoms with van der Waals surface area (Å²) < 4.78 is 27.0. The van der Waals surface area contributed by atoms with Crippen molar-refractivity contribution in [1.82, 2.24) is 10.6 Å².